The molecule has 0 aromatic carbocycles. The molecule has 2 N–H and O–H groups in total. The van der Waals surface area contributed by atoms with Crippen molar-refractivity contribution < 1.29 is 13.3 Å². The van der Waals surface area contributed by atoms with Crippen LogP contribution in [0, 0.1) is 10.1 Å². The summed E-state index contributed by atoms with van der Waals surface area (Å²) in [5.41, 5.74) is 0. The number of H-pyrrole nitrogens is 1. The van der Waals surface area contributed by atoms with Crippen LogP contribution < -0.4 is 4.72 Å². The number of aromatic nitrogens is 4. The van der Waals surface area contributed by atoms with Gasteiger partial charge in [0.1, 0.15) is 17.0 Å². The highest BCUT2D eigenvalue weighted by molar-refractivity contribution is 7.89. The van der Waals surface area contributed by atoms with Crippen molar-refractivity contribution in [2.75, 3.05) is 6.54 Å². The summed E-state index contributed by atoms with van der Waals surface area (Å²) in [5.74, 6) is 0.139. The van der Waals surface area contributed by atoms with Crippen LogP contribution in [0.4, 0.5) is 5.82 Å². The molecule has 0 fully saturated rings. The van der Waals surface area contributed by atoms with Gasteiger partial charge in [0.15, 0.2) is 6.20 Å². The first-order valence-electron chi connectivity index (χ1n) is 5.43. The second kappa shape index (κ2) is 5.71. The fourth-order valence-electron chi connectivity index (χ4n) is 1.38. The predicted molar refractivity (Wildman–Crippen MR) is 66.2 cm³/mol. The zero-order valence-corrected chi connectivity index (χ0v) is 10.9. The summed E-state index contributed by atoms with van der Waals surface area (Å²) in [5, 5.41) is 16.7. The Morgan fingerprint density at radius 1 is 1.35 bits per heavy atom. The van der Waals surface area contributed by atoms with E-state index < -0.39 is 20.8 Å². The molecule has 20 heavy (non-hydrogen) atoms. The topological polar surface area (TPSA) is 144 Å². The summed E-state index contributed by atoms with van der Waals surface area (Å²) in [6.07, 6.45) is 2.61. The summed E-state index contributed by atoms with van der Waals surface area (Å²) in [7, 11) is -3.75. The van der Waals surface area contributed by atoms with Crippen molar-refractivity contribution >= 4 is 15.8 Å². The van der Waals surface area contributed by atoms with Gasteiger partial charge in [0, 0.05) is 19.0 Å². The molecule has 0 unspecified atom stereocenters. The lowest BCUT2D eigenvalue weighted by Crippen LogP contribution is -2.26. The van der Waals surface area contributed by atoms with Crippen LogP contribution in [0.3, 0.4) is 0 Å². The lowest BCUT2D eigenvalue weighted by molar-refractivity contribution is -0.389. The molecule has 0 radical (unpaired) electrons. The van der Waals surface area contributed by atoms with Crippen molar-refractivity contribution in [3.63, 3.8) is 0 Å². The Kier molecular flexibility index (Phi) is 4.00. The fraction of sp³-hybridized carbons (Fsp3) is 0.222. The molecule has 0 amide bonds. The number of pyridine rings is 1. The number of hydrogen-bond donors (Lipinski definition) is 2. The third-order valence-corrected chi connectivity index (χ3v) is 3.78. The zero-order valence-electron chi connectivity index (χ0n) is 10.1. The maximum Gasteiger partial charge on any atom is 0.363 e. The third kappa shape index (κ3) is 3.33. The maximum absolute atomic E-state index is 11.9. The molecule has 0 saturated heterocycles. The SMILES string of the molecule is O=[N+]([O-])c1ccc(S(=O)(=O)NCCc2ncn[nH]2)cn1. The Morgan fingerprint density at radius 3 is 2.70 bits per heavy atom. The molecule has 11 heteroatoms. The number of rotatable bonds is 6. The average Bonchev–Trinajstić information content (AvgIpc) is 2.92. The van der Waals surface area contributed by atoms with Crippen molar-refractivity contribution in [1.82, 2.24) is 24.9 Å². The Hall–Kier alpha value is -2.40. The van der Waals surface area contributed by atoms with E-state index >= 15 is 0 Å². The Bertz CT molecular complexity index is 682. The third-order valence-electron chi connectivity index (χ3n) is 2.34. The van der Waals surface area contributed by atoms with Gasteiger partial charge in [-0.3, -0.25) is 5.10 Å². The minimum Gasteiger partial charge on any atom is -0.358 e. The smallest absolute Gasteiger partial charge is 0.358 e. The first kappa shape index (κ1) is 14.0. The molecule has 0 aliphatic heterocycles. The van der Waals surface area contributed by atoms with E-state index in [2.05, 4.69) is 24.9 Å². The summed E-state index contributed by atoms with van der Waals surface area (Å²) in [6.45, 7) is 0.120. The molecular weight excluding hydrogens is 288 g/mol. The molecular formula is C9H10N6O4S. The van der Waals surface area contributed by atoms with E-state index in [1.807, 2.05) is 0 Å². The van der Waals surface area contributed by atoms with Gasteiger partial charge in [-0.05, 0) is 16.0 Å². The fourth-order valence-corrected chi connectivity index (χ4v) is 2.35. The van der Waals surface area contributed by atoms with Crippen LogP contribution in [0.25, 0.3) is 0 Å². The lowest BCUT2D eigenvalue weighted by Gasteiger charge is -2.04. The molecule has 0 aliphatic carbocycles. The van der Waals surface area contributed by atoms with Crippen LogP contribution in [0.15, 0.2) is 29.6 Å². The monoisotopic (exact) mass is 298 g/mol. The summed E-state index contributed by atoms with van der Waals surface area (Å²) in [6, 6.07) is 2.16. The van der Waals surface area contributed by atoms with E-state index in [1.54, 1.807) is 0 Å². The second-order valence-corrected chi connectivity index (χ2v) is 5.46. The van der Waals surface area contributed by atoms with Crippen LogP contribution >= 0.6 is 0 Å². The molecule has 2 aromatic rings. The first-order valence-corrected chi connectivity index (χ1v) is 6.92. The summed E-state index contributed by atoms with van der Waals surface area (Å²) >= 11 is 0. The minimum atomic E-state index is -3.75. The largest absolute Gasteiger partial charge is 0.363 e. The predicted octanol–water partition coefficient (Wildman–Crippen LogP) is -0.371. The van der Waals surface area contributed by atoms with Gasteiger partial charge >= 0.3 is 5.82 Å². The molecule has 2 rings (SSSR count). The Balaban J connectivity index is 2.00. The van der Waals surface area contributed by atoms with Gasteiger partial charge < -0.3 is 10.1 Å². The Labute approximate surface area is 113 Å². The van der Waals surface area contributed by atoms with Gasteiger partial charge in [0.2, 0.25) is 10.0 Å². The van der Waals surface area contributed by atoms with E-state index in [0.29, 0.717) is 12.2 Å². The van der Waals surface area contributed by atoms with Crippen LogP contribution in [0.1, 0.15) is 5.82 Å². The molecule has 2 heterocycles. The van der Waals surface area contributed by atoms with E-state index in [9.17, 15) is 18.5 Å². The highest BCUT2D eigenvalue weighted by atomic mass is 32.2. The molecule has 106 valence electrons. The summed E-state index contributed by atoms with van der Waals surface area (Å²) in [4.78, 5) is 16.9. The van der Waals surface area contributed by atoms with Crippen molar-refractivity contribution in [3.8, 4) is 0 Å². The molecule has 0 aliphatic rings. The van der Waals surface area contributed by atoms with E-state index in [-0.39, 0.29) is 11.4 Å². The van der Waals surface area contributed by atoms with Gasteiger partial charge in [-0.25, -0.2) is 18.1 Å². The normalized spacial score (nSPS) is 11.4. The van der Waals surface area contributed by atoms with E-state index in [4.69, 9.17) is 0 Å². The maximum atomic E-state index is 11.9. The number of nitro groups is 1. The van der Waals surface area contributed by atoms with Gasteiger partial charge in [-0.1, -0.05) is 0 Å². The lowest BCUT2D eigenvalue weighted by atomic mass is 10.4. The quantitative estimate of drug-likeness (QED) is 0.546. The van der Waals surface area contributed by atoms with Gasteiger partial charge in [-0.2, -0.15) is 5.10 Å². The first-order chi connectivity index (χ1) is 9.49. The van der Waals surface area contributed by atoms with Crippen molar-refractivity contribution in [2.24, 2.45) is 0 Å². The standard InChI is InChI=1S/C9H10N6O4S/c16-15(17)9-2-1-7(5-10-9)20(18,19)13-4-3-8-11-6-12-14-8/h1-2,5-6,13H,3-4H2,(H,11,12,14). The van der Waals surface area contributed by atoms with Crippen LogP contribution in [-0.2, 0) is 16.4 Å². The second-order valence-electron chi connectivity index (χ2n) is 3.69. The Morgan fingerprint density at radius 2 is 2.15 bits per heavy atom. The molecule has 0 bridgehead atoms. The minimum absolute atomic E-state index is 0.120. The highest BCUT2D eigenvalue weighted by Crippen LogP contribution is 2.11. The summed E-state index contributed by atoms with van der Waals surface area (Å²) < 4.78 is 26.1. The number of aromatic amines is 1. The molecule has 0 spiro atoms. The van der Waals surface area contributed by atoms with Gasteiger partial charge in [0.05, 0.1) is 0 Å². The molecule has 10 nitrogen and oxygen atoms in total. The van der Waals surface area contributed by atoms with Gasteiger partial charge in [-0.15, -0.1) is 0 Å². The average molecular weight is 298 g/mol. The van der Waals surface area contributed by atoms with E-state index in [0.717, 1.165) is 18.3 Å². The number of nitrogens with one attached hydrogen (secondary N) is 2. The number of hydrogen-bond acceptors (Lipinski definition) is 7. The van der Waals surface area contributed by atoms with Crippen molar-refractivity contribution in [1.29, 1.82) is 0 Å². The van der Waals surface area contributed by atoms with E-state index in [1.165, 1.54) is 6.33 Å². The zero-order chi connectivity index (χ0) is 14.6. The number of nitrogens with zero attached hydrogens (tertiary/aromatic N) is 4. The number of sulfonamides is 1. The van der Waals surface area contributed by atoms with Crippen LogP contribution in [0.2, 0.25) is 0 Å². The van der Waals surface area contributed by atoms with Crippen LogP contribution in [-0.4, -0.2) is 40.1 Å². The van der Waals surface area contributed by atoms with Gasteiger partial charge in [0.25, 0.3) is 0 Å². The highest BCUT2D eigenvalue weighted by Gasteiger charge is 2.17. The van der Waals surface area contributed by atoms with Crippen LogP contribution in [0.5, 0.6) is 0 Å². The van der Waals surface area contributed by atoms with Crippen molar-refractivity contribution in [2.45, 2.75) is 11.3 Å². The molecule has 2 aromatic heterocycles. The van der Waals surface area contributed by atoms with Crippen molar-refractivity contribution in [3.05, 3.63) is 40.6 Å². The molecule has 0 saturated carbocycles. The molecule has 0 atom stereocenters.